The maximum absolute atomic E-state index is 13.1. The summed E-state index contributed by atoms with van der Waals surface area (Å²) >= 11 is 0. The highest BCUT2D eigenvalue weighted by Gasteiger charge is 2.22. The van der Waals surface area contributed by atoms with E-state index in [2.05, 4.69) is 9.97 Å². The SMILES string of the molecule is Cc1nc(C2CCOC2)nc(N)c1F. The fourth-order valence-electron chi connectivity index (χ4n) is 1.52. The van der Waals surface area contributed by atoms with Crippen molar-refractivity contribution in [2.45, 2.75) is 19.3 Å². The Morgan fingerprint density at radius 2 is 2.29 bits per heavy atom. The molecule has 1 atom stereocenters. The van der Waals surface area contributed by atoms with E-state index in [1.807, 2.05) is 0 Å². The van der Waals surface area contributed by atoms with Gasteiger partial charge in [0.25, 0.3) is 0 Å². The van der Waals surface area contributed by atoms with Crippen molar-refractivity contribution in [3.8, 4) is 0 Å². The lowest BCUT2D eigenvalue weighted by atomic mass is 10.1. The van der Waals surface area contributed by atoms with Crippen molar-refractivity contribution >= 4 is 5.82 Å². The van der Waals surface area contributed by atoms with Gasteiger partial charge < -0.3 is 10.5 Å². The number of hydrogen-bond donors (Lipinski definition) is 1. The predicted octanol–water partition coefficient (Wildman–Crippen LogP) is 1.01. The van der Waals surface area contributed by atoms with Crippen LogP contribution < -0.4 is 5.73 Å². The number of nitrogens with zero attached hydrogens (tertiary/aromatic N) is 2. The van der Waals surface area contributed by atoms with Crippen LogP contribution in [0.4, 0.5) is 10.2 Å². The number of ether oxygens (including phenoxy) is 1. The summed E-state index contributed by atoms with van der Waals surface area (Å²) in [5, 5.41) is 0. The standard InChI is InChI=1S/C9H12FN3O/c1-5-7(10)8(11)13-9(12-5)6-2-3-14-4-6/h6H,2-4H2,1H3,(H2,11,12,13). The van der Waals surface area contributed by atoms with Crippen LogP contribution in [0.25, 0.3) is 0 Å². The third-order valence-corrected chi connectivity index (χ3v) is 2.35. The Morgan fingerprint density at radius 1 is 1.50 bits per heavy atom. The molecule has 2 rings (SSSR count). The summed E-state index contributed by atoms with van der Waals surface area (Å²) in [4.78, 5) is 8.00. The highest BCUT2D eigenvalue weighted by atomic mass is 19.1. The summed E-state index contributed by atoms with van der Waals surface area (Å²) in [6.07, 6.45) is 0.879. The zero-order valence-electron chi connectivity index (χ0n) is 7.96. The van der Waals surface area contributed by atoms with Crippen molar-refractivity contribution in [2.75, 3.05) is 18.9 Å². The molecule has 1 aliphatic rings. The monoisotopic (exact) mass is 197 g/mol. The van der Waals surface area contributed by atoms with Gasteiger partial charge in [0.2, 0.25) is 0 Å². The highest BCUT2D eigenvalue weighted by molar-refractivity contribution is 5.32. The van der Waals surface area contributed by atoms with Crippen molar-refractivity contribution < 1.29 is 9.13 Å². The molecule has 2 heterocycles. The zero-order chi connectivity index (χ0) is 10.1. The molecule has 0 radical (unpaired) electrons. The quantitative estimate of drug-likeness (QED) is 0.729. The van der Waals surface area contributed by atoms with E-state index >= 15 is 0 Å². The molecule has 0 amide bonds. The lowest BCUT2D eigenvalue weighted by Gasteiger charge is -2.08. The fraction of sp³-hybridized carbons (Fsp3) is 0.556. The van der Waals surface area contributed by atoms with Gasteiger partial charge in [-0.25, -0.2) is 14.4 Å². The summed E-state index contributed by atoms with van der Waals surface area (Å²) in [7, 11) is 0. The minimum atomic E-state index is -0.521. The third-order valence-electron chi connectivity index (χ3n) is 2.35. The van der Waals surface area contributed by atoms with Crippen LogP contribution in [0, 0.1) is 12.7 Å². The molecule has 1 unspecified atom stereocenters. The molecule has 1 aromatic heterocycles. The number of aromatic nitrogens is 2. The summed E-state index contributed by atoms with van der Waals surface area (Å²) in [6, 6.07) is 0. The second-order valence-corrected chi connectivity index (χ2v) is 3.43. The van der Waals surface area contributed by atoms with E-state index in [1.165, 1.54) is 0 Å². The van der Waals surface area contributed by atoms with Gasteiger partial charge >= 0.3 is 0 Å². The Balaban J connectivity index is 2.34. The van der Waals surface area contributed by atoms with E-state index in [1.54, 1.807) is 6.92 Å². The first-order valence-electron chi connectivity index (χ1n) is 4.55. The topological polar surface area (TPSA) is 61.0 Å². The Hall–Kier alpha value is -1.23. The maximum atomic E-state index is 13.1. The van der Waals surface area contributed by atoms with Gasteiger partial charge in [-0.1, -0.05) is 0 Å². The smallest absolute Gasteiger partial charge is 0.186 e. The van der Waals surface area contributed by atoms with Gasteiger partial charge in [0.15, 0.2) is 11.6 Å². The molecule has 0 aliphatic carbocycles. The van der Waals surface area contributed by atoms with E-state index in [-0.39, 0.29) is 11.7 Å². The second kappa shape index (κ2) is 3.49. The van der Waals surface area contributed by atoms with Crippen LogP contribution >= 0.6 is 0 Å². The molecule has 1 fully saturated rings. The molecule has 0 spiro atoms. The lowest BCUT2D eigenvalue weighted by Crippen LogP contribution is -2.10. The van der Waals surface area contributed by atoms with E-state index in [9.17, 15) is 4.39 Å². The number of rotatable bonds is 1. The number of nitrogens with two attached hydrogens (primary N) is 1. The predicted molar refractivity (Wildman–Crippen MR) is 49.3 cm³/mol. The van der Waals surface area contributed by atoms with Crippen LogP contribution in [0.15, 0.2) is 0 Å². The minimum absolute atomic E-state index is 0.0700. The van der Waals surface area contributed by atoms with Gasteiger partial charge in [-0.2, -0.15) is 0 Å². The van der Waals surface area contributed by atoms with Crippen LogP contribution in [0.1, 0.15) is 23.9 Å². The molecule has 76 valence electrons. The molecule has 4 nitrogen and oxygen atoms in total. The molecular weight excluding hydrogens is 185 g/mol. The summed E-state index contributed by atoms with van der Waals surface area (Å²) in [5.74, 6) is 0.169. The number of halogens is 1. The van der Waals surface area contributed by atoms with Gasteiger partial charge in [0.05, 0.1) is 12.3 Å². The molecule has 0 saturated carbocycles. The molecule has 2 N–H and O–H groups in total. The third kappa shape index (κ3) is 1.55. The lowest BCUT2D eigenvalue weighted by molar-refractivity contribution is 0.193. The first kappa shape index (κ1) is 9.33. The van der Waals surface area contributed by atoms with Crippen molar-refractivity contribution in [1.29, 1.82) is 0 Å². The number of anilines is 1. The Labute approximate surface area is 81.3 Å². The molecule has 14 heavy (non-hydrogen) atoms. The largest absolute Gasteiger partial charge is 0.381 e. The maximum Gasteiger partial charge on any atom is 0.186 e. The van der Waals surface area contributed by atoms with Gasteiger partial charge in [0, 0.05) is 12.5 Å². The Bertz CT molecular complexity index is 327. The van der Waals surface area contributed by atoms with Gasteiger partial charge in [-0.3, -0.25) is 0 Å². The molecule has 1 aliphatic heterocycles. The minimum Gasteiger partial charge on any atom is -0.381 e. The van der Waals surface area contributed by atoms with Crippen LogP contribution in [-0.2, 0) is 4.74 Å². The molecule has 1 aromatic rings. The van der Waals surface area contributed by atoms with Gasteiger partial charge in [0.1, 0.15) is 5.82 Å². The van der Waals surface area contributed by atoms with Crippen LogP contribution in [-0.4, -0.2) is 23.2 Å². The average Bonchev–Trinajstić information content (AvgIpc) is 2.66. The first-order valence-corrected chi connectivity index (χ1v) is 4.55. The Morgan fingerprint density at radius 3 is 2.86 bits per heavy atom. The highest BCUT2D eigenvalue weighted by Crippen LogP contribution is 2.23. The molecular formula is C9H12FN3O. The number of hydrogen-bond acceptors (Lipinski definition) is 4. The molecule has 5 heteroatoms. The first-order chi connectivity index (χ1) is 6.68. The Kier molecular flexibility index (Phi) is 2.33. The second-order valence-electron chi connectivity index (χ2n) is 3.43. The zero-order valence-corrected chi connectivity index (χ0v) is 7.96. The van der Waals surface area contributed by atoms with Crippen LogP contribution in [0.2, 0.25) is 0 Å². The van der Waals surface area contributed by atoms with Crippen LogP contribution in [0.5, 0.6) is 0 Å². The van der Waals surface area contributed by atoms with E-state index in [0.717, 1.165) is 6.42 Å². The van der Waals surface area contributed by atoms with E-state index < -0.39 is 5.82 Å². The van der Waals surface area contributed by atoms with Crippen molar-refractivity contribution in [1.82, 2.24) is 9.97 Å². The fourth-order valence-corrected chi connectivity index (χ4v) is 1.52. The summed E-state index contributed by atoms with van der Waals surface area (Å²) < 4.78 is 18.3. The van der Waals surface area contributed by atoms with E-state index in [4.69, 9.17) is 10.5 Å². The summed E-state index contributed by atoms with van der Waals surface area (Å²) in [6.45, 7) is 2.90. The molecule has 0 bridgehead atoms. The van der Waals surface area contributed by atoms with Crippen molar-refractivity contribution in [3.63, 3.8) is 0 Å². The van der Waals surface area contributed by atoms with E-state index in [0.29, 0.717) is 24.7 Å². The normalized spacial score (nSPS) is 21.4. The molecule has 0 aromatic carbocycles. The van der Waals surface area contributed by atoms with Crippen LogP contribution in [0.3, 0.4) is 0 Å². The van der Waals surface area contributed by atoms with Gasteiger partial charge in [-0.05, 0) is 13.3 Å². The number of aryl methyl sites for hydroxylation is 1. The average molecular weight is 197 g/mol. The number of nitrogen functional groups attached to an aromatic ring is 1. The molecule has 1 saturated heterocycles. The van der Waals surface area contributed by atoms with Crippen molar-refractivity contribution in [2.24, 2.45) is 0 Å². The summed E-state index contributed by atoms with van der Waals surface area (Å²) in [5.41, 5.74) is 5.73. The van der Waals surface area contributed by atoms with Gasteiger partial charge in [-0.15, -0.1) is 0 Å². The van der Waals surface area contributed by atoms with Crippen molar-refractivity contribution in [3.05, 3.63) is 17.3 Å².